The van der Waals surface area contributed by atoms with E-state index in [-0.39, 0.29) is 5.78 Å². The molecule has 4 rings (SSSR count). The van der Waals surface area contributed by atoms with Gasteiger partial charge in [-0.25, -0.2) is 0 Å². The number of rotatable bonds is 2. The van der Waals surface area contributed by atoms with Crippen LogP contribution in [-0.4, -0.2) is 18.0 Å². The fourth-order valence-electron chi connectivity index (χ4n) is 3.52. The Morgan fingerprint density at radius 2 is 1.21 bits per heavy atom. The fraction of sp³-hybridized carbons (Fsp3) is 0.0952. The molecule has 3 aromatic carbocycles. The molecule has 0 saturated heterocycles. The lowest BCUT2D eigenvalue weighted by atomic mass is 9.70. The van der Waals surface area contributed by atoms with E-state index in [0.29, 0.717) is 33.6 Å². The van der Waals surface area contributed by atoms with Gasteiger partial charge in [-0.15, -0.1) is 0 Å². The zero-order valence-corrected chi connectivity index (χ0v) is 13.2. The van der Waals surface area contributed by atoms with Crippen LogP contribution in [0.1, 0.15) is 32.6 Å². The number of ether oxygens (including phenoxy) is 1. The molecule has 0 radical (unpaired) electrons. The minimum atomic E-state index is -1.44. The van der Waals surface area contributed by atoms with Crippen molar-refractivity contribution in [2.75, 3.05) is 7.11 Å². The molecule has 0 amide bonds. The summed E-state index contributed by atoms with van der Waals surface area (Å²) in [6.07, 6.45) is 0. The third-order valence-electron chi connectivity index (χ3n) is 4.62. The third-order valence-corrected chi connectivity index (χ3v) is 4.62. The van der Waals surface area contributed by atoms with E-state index in [0.717, 1.165) is 0 Å². The summed E-state index contributed by atoms with van der Waals surface area (Å²) in [5.74, 6) is 0.514. The number of fused-ring (bicyclic) bond motifs is 2. The first-order valence-electron chi connectivity index (χ1n) is 7.77. The first-order chi connectivity index (χ1) is 11.7. The molecule has 0 aromatic heterocycles. The molecule has 0 saturated carbocycles. The fourth-order valence-corrected chi connectivity index (χ4v) is 3.52. The number of para-hydroxylation sites is 1. The normalized spacial score (nSPS) is 14.7. The van der Waals surface area contributed by atoms with Gasteiger partial charge in [0.15, 0.2) is 5.78 Å². The minimum Gasteiger partial charge on any atom is -0.496 e. The van der Waals surface area contributed by atoms with Gasteiger partial charge in [0.1, 0.15) is 11.4 Å². The summed E-state index contributed by atoms with van der Waals surface area (Å²) < 4.78 is 5.48. The zero-order chi connectivity index (χ0) is 16.7. The summed E-state index contributed by atoms with van der Waals surface area (Å²) in [5.41, 5.74) is 1.39. The van der Waals surface area contributed by atoms with E-state index in [1.54, 1.807) is 31.4 Å². The number of ketones is 1. The summed E-state index contributed by atoms with van der Waals surface area (Å²) >= 11 is 0. The van der Waals surface area contributed by atoms with Crippen LogP contribution in [0.5, 0.6) is 5.75 Å². The summed E-state index contributed by atoms with van der Waals surface area (Å²) in [6, 6.07) is 21.8. The molecular weight excluding hydrogens is 300 g/mol. The molecule has 3 heteroatoms. The molecule has 3 nitrogen and oxygen atoms in total. The first kappa shape index (κ1) is 14.7. The maximum Gasteiger partial charge on any atom is 0.193 e. The molecule has 3 aromatic rings. The molecule has 24 heavy (non-hydrogen) atoms. The number of benzene rings is 3. The highest BCUT2D eigenvalue weighted by molar-refractivity contribution is 6.13. The van der Waals surface area contributed by atoms with Crippen molar-refractivity contribution in [3.05, 3.63) is 101 Å². The van der Waals surface area contributed by atoms with E-state index in [9.17, 15) is 9.90 Å². The Labute approximate surface area is 140 Å². The Balaban J connectivity index is 2.12. The van der Waals surface area contributed by atoms with E-state index in [4.69, 9.17) is 4.74 Å². The molecule has 0 fully saturated rings. The van der Waals surface area contributed by atoms with E-state index in [1.165, 1.54) is 0 Å². The van der Waals surface area contributed by atoms with Crippen LogP contribution < -0.4 is 4.74 Å². The number of hydrogen-bond acceptors (Lipinski definition) is 3. The number of methoxy groups -OCH3 is 1. The number of hydrogen-bond donors (Lipinski definition) is 1. The van der Waals surface area contributed by atoms with Gasteiger partial charge in [-0.1, -0.05) is 66.7 Å². The topological polar surface area (TPSA) is 46.5 Å². The van der Waals surface area contributed by atoms with Crippen molar-refractivity contribution in [1.82, 2.24) is 0 Å². The molecule has 1 aliphatic rings. The minimum absolute atomic E-state index is 0.0687. The van der Waals surface area contributed by atoms with E-state index >= 15 is 0 Å². The second-order valence-electron chi connectivity index (χ2n) is 5.83. The molecule has 0 spiro atoms. The van der Waals surface area contributed by atoms with Gasteiger partial charge < -0.3 is 9.84 Å². The quantitative estimate of drug-likeness (QED) is 0.787. The van der Waals surface area contributed by atoms with Gasteiger partial charge in [0.25, 0.3) is 0 Å². The summed E-state index contributed by atoms with van der Waals surface area (Å²) in [6.45, 7) is 0. The van der Waals surface area contributed by atoms with E-state index in [1.807, 2.05) is 48.5 Å². The van der Waals surface area contributed by atoms with Crippen LogP contribution in [0.25, 0.3) is 0 Å². The van der Waals surface area contributed by atoms with Gasteiger partial charge in [-0.3, -0.25) is 4.79 Å². The summed E-state index contributed by atoms with van der Waals surface area (Å²) in [7, 11) is 1.58. The van der Waals surface area contributed by atoms with Gasteiger partial charge in [0, 0.05) is 27.8 Å². The van der Waals surface area contributed by atoms with Crippen LogP contribution in [0.4, 0.5) is 0 Å². The molecule has 1 N–H and O–H groups in total. The van der Waals surface area contributed by atoms with Crippen molar-refractivity contribution in [3.63, 3.8) is 0 Å². The average Bonchev–Trinajstić information content (AvgIpc) is 2.66. The monoisotopic (exact) mass is 316 g/mol. The molecule has 0 atom stereocenters. The zero-order valence-electron chi connectivity index (χ0n) is 13.2. The van der Waals surface area contributed by atoms with E-state index in [2.05, 4.69) is 0 Å². The number of carbonyl (C=O) groups excluding carboxylic acids is 1. The smallest absolute Gasteiger partial charge is 0.193 e. The first-order valence-corrected chi connectivity index (χ1v) is 7.77. The number of aliphatic hydroxyl groups is 1. The van der Waals surface area contributed by atoms with Crippen molar-refractivity contribution in [3.8, 4) is 5.75 Å². The lowest BCUT2D eigenvalue weighted by Crippen LogP contribution is -2.37. The third kappa shape index (κ3) is 1.85. The molecule has 0 heterocycles. The van der Waals surface area contributed by atoms with Crippen molar-refractivity contribution in [2.24, 2.45) is 0 Å². The van der Waals surface area contributed by atoms with Gasteiger partial charge in [-0.2, -0.15) is 0 Å². The largest absolute Gasteiger partial charge is 0.496 e. The van der Waals surface area contributed by atoms with Gasteiger partial charge in [0.2, 0.25) is 0 Å². The van der Waals surface area contributed by atoms with Crippen LogP contribution in [0.15, 0.2) is 72.8 Å². The SMILES string of the molecule is COc1ccccc1C1(O)c2ccccc2C(=O)c2ccccc21. The van der Waals surface area contributed by atoms with Crippen molar-refractivity contribution in [1.29, 1.82) is 0 Å². The van der Waals surface area contributed by atoms with Crippen LogP contribution in [-0.2, 0) is 5.60 Å². The van der Waals surface area contributed by atoms with Gasteiger partial charge in [-0.05, 0) is 6.07 Å². The molecule has 0 aliphatic heterocycles. The Kier molecular flexibility index (Phi) is 3.25. The Hall–Kier alpha value is -2.91. The molecular formula is C21H16O3. The lowest BCUT2D eigenvalue weighted by molar-refractivity contribution is 0.0941. The summed E-state index contributed by atoms with van der Waals surface area (Å²) in [4.78, 5) is 12.8. The maximum absolute atomic E-state index is 12.8. The van der Waals surface area contributed by atoms with Gasteiger partial charge >= 0.3 is 0 Å². The second-order valence-corrected chi connectivity index (χ2v) is 5.83. The number of carbonyl (C=O) groups is 1. The molecule has 0 bridgehead atoms. The second kappa shape index (κ2) is 5.32. The summed E-state index contributed by atoms with van der Waals surface area (Å²) in [5, 5.41) is 11.8. The Bertz CT molecular complexity index is 894. The molecule has 118 valence electrons. The molecule has 0 unspecified atom stereocenters. The molecule has 1 aliphatic carbocycles. The lowest BCUT2D eigenvalue weighted by Gasteiger charge is -2.37. The van der Waals surface area contributed by atoms with E-state index < -0.39 is 5.60 Å². The van der Waals surface area contributed by atoms with Crippen LogP contribution >= 0.6 is 0 Å². The van der Waals surface area contributed by atoms with Crippen molar-refractivity contribution >= 4 is 5.78 Å². The maximum atomic E-state index is 12.8. The van der Waals surface area contributed by atoms with Crippen LogP contribution in [0.2, 0.25) is 0 Å². The predicted molar refractivity (Wildman–Crippen MR) is 91.4 cm³/mol. The predicted octanol–water partition coefficient (Wildman–Crippen LogP) is 3.52. The highest BCUT2D eigenvalue weighted by atomic mass is 16.5. The van der Waals surface area contributed by atoms with Crippen molar-refractivity contribution < 1.29 is 14.6 Å². The van der Waals surface area contributed by atoms with Crippen molar-refractivity contribution in [2.45, 2.75) is 5.60 Å². The van der Waals surface area contributed by atoms with Gasteiger partial charge in [0.05, 0.1) is 7.11 Å². The highest BCUT2D eigenvalue weighted by Crippen LogP contribution is 2.46. The van der Waals surface area contributed by atoms with Crippen LogP contribution in [0, 0.1) is 0 Å². The van der Waals surface area contributed by atoms with Crippen LogP contribution in [0.3, 0.4) is 0 Å². The Morgan fingerprint density at radius 3 is 1.75 bits per heavy atom. The standard InChI is InChI=1S/C21H16O3/c1-24-19-13-7-6-12-18(19)21(23)16-10-4-2-8-14(16)20(22)15-9-3-5-11-17(15)21/h2-13,23H,1H3. The Morgan fingerprint density at radius 1 is 0.750 bits per heavy atom. The average molecular weight is 316 g/mol. The highest BCUT2D eigenvalue weighted by Gasteiger charge is 2.44.